The van der Waals surface area contributed by atoms with Gasteiger partial charge in [-0.3, -0.25) is 0 Å². The third kappa shape index (κ3) is 12.1. The van der Waals surface area contributed by atoms with E-state index in [9.17, 15) is 19.2 Å². The first-order valence-electron chi connectivity index (χ1n) is 13.5. The predicted molar refractivity (Wildman–Crippen MR) is 159 cm³/mol. The minimum atomic E-state index is -1.26. The van der Waals surface area contributed by atoms with E-state index < -0.39 is 23.9 Å². The van der Waals surface area contributed by atoms with Gasteiger partial charge in [0.1, 0.15) is 23.7 Å². The number of nitrogens with zero attached hydrogens (tertiary/aromatic N) is 1. The summed E-state index contributed by atoms with van der Waals surface area (Å²) in [4.78, 5) is 40.6. The highest BCUT2D eigenvalue weighted by Gasteiger charge is 2.42. The number of carboxylic acids is 4. The van der Waals surface area contributed by atoms with Crippen LogP contribution in [0.1, 0.15) is 37.2 Å². The van der Waals surface area contributed by atoms with Crippen LogP contribution in [-0.2, 0) is 28.7 Å². The minimum Gasteiger partial charge on any atom is -0.478 e. The minimum absolute atomic E-state index is 0.217. The van der Waals surface area contributed by atoms with Gasteiger partial charge in [0.25, 0.3) is 0 Å². The predicted octanol–water partition coefficient (Wildman–Crippen LogP) is 3.96. The number of rotatable bonds is 11. The number of nitrogens with one attached hydrogen (secondary N) is 1. The van der Waals surface area contributed by atoms with Crippen LogP contribution < -0.4 is 10.1 Å². The zero-order chi connectivity index (χ0) is 32.6. The van der Waals surface area contributed by atoms with Gasteiger partial charge in [0.2, 0.25) is 0 Å². The molecule has 0 bridgehead atoms. The molecule has 0 amide bonds. The summed E-state index contributed by atoms with van der Waals surface area (Å²) in [6, 6.07) is 13.6. The number of aliphatic carboxylic acids is 4. The number of para-hydroxylation sites is 1. The number of halogens is 1. The van der Waals surface area contributed by atoms with Crippen molar-refractivity contribution in [3.05, 3.63) is 82.9 Å². The monoisotopic (exact) mass is 634 g/mol. The molecule has 2 heterocycles. The number of benzene rings is 2. The van der Waals surface area contributed by atoms with Crippen molar-refractivity contribution in [2.45, 2.75) is 32.3 Å². The Balaban J connectivity index is 0.000000349. The van der Waals surface area contributed by atoms with Crippen molar-refractivity contribution in [1.29, 1.82) is 0 Å². The zero-order valence-corrected chi connectivity index (χ0v) is 24.8. The standard InChI is InChI=1S/C22H27ClN2O3.2C4H4O4/c1-3-25(4-2)12-11-24-14-20-27-21-16-7-5-6-8-18(16)26-19-10-9-15(23)13-17(19)22(21)28-20;2*5-3(6)1-2-4(7)8/h5-10,13,20-22,24H,3-4,11-12,14H2,1-2H3;2*1-2H,(H,5,6)(H,7,8)/b;2*2-1+. The highest BCUT2D eigenvalue weighted by Crippen LogP contribution is 2.51. The Morgan fingerprint density at radius 2 is 1.30 bits per heavy atom. The van der Waals surface area contributed by atoms with Crippen LogP contribution in [-0.4, -0.2) is 88.2 Å². The van der Waals surface area contributed by atoms with E-state index in [0.29, 0.717) is 35.9 Å². The highest BCUT2D eigenvalue weighted by atomic mass is 35.5. The van der Waals surface area contributed by atoms with E-state index in [-0.39, 0.29) is 18.5 Å². The summed E-state index contributed by atoms with van der Waals surface area (Å²) in [6.07, 6.45) is 1.46. The van der Waals surface area contributed by atoms with Gasteiger partial charge in [-0.15, -0.1) is 0 Å². The van der Waals surface area contributed by atoms with Gasteiger partial charge in [-0.1, -0.05) is 43.6 Å². The number of carboxylic acid groups (broad SMARTS) is 4. The lowest BCUT2D eigenvalue weighted by atomic mass is 9.98. The summed E-state index contributed by atoms with van der Waals surface area (Å²) in [5.74, 6) is -3.46. The zero-order valence-electron chi connectivity index (χ0n) is 24.1. The molecule has 1 saturated heterocycles. The third-order valence-corrected chi connectivity index (χ3v) is 6.38. The molecule has 2 aliphatic rings. The molecule has 0 aliphatic carbocycles. The Labute approximate surface area is 258 Å². The summed E-state index contributed by atoms with van der Waals surface area (Å²) in [5.41, 5.74) is 1.94. The second kappa shape index (κ2) is 18.4. The SMILES string of the molecule is CCN(CC)CCNCC1OC2c3ccccc3Oc3ccc(Cl)cc3C2O1.O=C(O)/C=C/C(=O)O.O=C(O)/C=C/C(=O)O. The number of hydrogen-bond donors (Lipinski definition) is 5. The van der Waals surface area contributed by atoms with Gasteiger partial charge in [0, 0.05) is 60.1 Å². The van der Waals surface area contributed by atoms with Gasteiger partial charge >= 0.3 is 23.9 Å². The molecule has 2 aromatic rings. The fourth-order valence-corrected chi connectivity index (χ4v) is 4.30. The molecular weight excluding hydrogens is 600 g/mol. The van der Waals surface area contributed by atoms with Gasteiger partial charge in [-0.25, -0.2) is 19.2 Å². The number of ether oxygens (including phenoxy) is 3. The van der Waals surface area contributed by atoms with E-state index in [2.05, 4.69) is 24.1 Å². The topological polar surface area (TPSA) is 192 Å². The molecule has 238 valence electrons. The van der Waals surface area contributed by atoms with Crippen molar-refractivity contribution in [3.8, 4) is 11.5 Å². The van der Waals surface area contributed by atoms with Crippen LogP contribution in [0.25, 0.3) is 0 Å². The summed E-state index contributed by atoms with van der Waals surface area (Å²) >= 11 is 6.26. The van der Waals surface area contributed by atoms with Crippen LogP contribution in [0.5, 0.6) is 11.5 Å². The maximum Gasteiger partial charge on any atom is 0.328 e. The summed E-state index contributed by atoms with van der Waals surface area (Å²) in [5, 5.41) is 35.4. The fourth-order valence-electron chi connectivity index (χ4n) is 4.11. The molecule has 2 aliphatic heterocycles. The van der Waals surface area contributed by atoms with Crippen molar-refractivity contribution in [2.24, 2.45) is 0 Å². The highest BCUT2D eigenvalue weighted by molar-refractivity contribution is 6.30. The fraction of sp³-hybridized carbons (Fsp3) is 0.333. The van der Waals surface area contributed by atoms with E-state index >= 15 is 0 Å². The van der Waals surface area contributed by atoms with Crippen LogP contribution in [0.2, 0.25) is 5.02 Å². The normalized spacial score (nSPS) is 18.0. The maximum atomic E-state index is 9.55. The van der Waals surface area contributed by atoms with Gasteiger partial charge < -0.3 is 44.9 Å². The summed E-state index contributed by atoms with van der Waals surface area (Å²) in [7, 11) is 0. The smallest absolute Gasteiger partial charge is 0.328 e. The lowest BCUT2D eigenvalue weighted by molar-refractivity contribution is -0.134. The molecule has 4 rings (SSSR count). The van der Waals surface area contributed by atoms with Crippen molar-refractivity contribution < 1.29 is 53.8 Å². The van der Waals surface area contributed by atoms with E-state index in [1.807, 2.05) is 42.5 Å². The number of likely N-dealkylation sites (N-methyl/N-ethyl adjacent to an activating group) is 1. The van der Waals surface area contributed by atoms with Crippen molar-refractivity contribution in [2.75, 3.05) is 32.7 Å². The lowest BCUT2D eigenvalue weighted by Crippen LogP contribution is -2.35. The Morgan fingerprint density at radius 1 is 0.795 bits per heavy atom. The molecule has 13 nitrogen and oxygen atoms in total. The second-order valence-electron chi connectivity index (χ2n) is 9.12. The molecule has 0 saturated carbocycles. The Morgan fingerprint density at radius 3 is 1.82 bits per heavy atom. The molecule has 5 N–H and O–H groups in total. The Kier molecular flexibility index (Phi) is 15.0. The molecule has 0 radical (unpaired) electrons. The van der Waals surface area contributed by atoms with Gasteiger partial charge in [-0.05, 0) is 37.4 Å². The molecule has 44 heavy (non-hydrogen) atoms. The van der Waals surface area contributed by atoms with Crippen molar-refractivity contribution in [3.63, 3.8) is 0 Å². The number of fused-ring (bicyclic) bond motifs is 5. The Bertz CT molecular complexity index is 1280. The number of carbonyl (C=O) groups is 4. The van der Waals surface area contributed by atoms with Gasteiger partial charge in [0.15, 0.2) is 6.29 Å². The first kappa shape index (κ1) is 35.9. The van der Waals surface area contributed by atoms with E-state index in [1.54, 1.807) is 0 Å². The maximum absolute atomic E-state index is 9.55. The number of hydrogen-bond acceptors (Lipinski definition) is 9. The van der Waals surface area contributed by atoms with Crippen LogP contribution in [0.15, 0.2) is 66.8 Å². The summed E-state index contributed by atoms with van der Waals surface area (Å²) in [6.45, 7) is 9.06. The van der Waals surface area contributed by atoms with Crippen molar-refractivity contribution >= 4 is 35.5 Å². The second-order valence-corrected chi connectivity index (χ2v) is 9.55. The van der Waals surface area contributed by atoms with Crippen LogP contribution in [0.4, 0.5) is 0 Å². The lowest BCUT2D eigenvalue weighted by Gasteiger charge is -2.19. The first-order chi connectivity index (χ1) is 20.9. The van der Waals surface area contributed by atoms with Gasteiger partial charge in [-0.2, -0.15) is 0 Å². The van der Waals surface area contributed by atoms with E-state index in [4.69, 9.17) is 46.2 Å². The molecule has 0 aromatic heterocycles. The van der Waals surface area contributed by atoms with Crippen LogP contribution in [0, 0.1) is 0 Å². The molecular formula is C30H35ClN2O11. The third-order valence-electron chi connectivity index (χ3n) is 6.14. The average molecular weight is 635 g/mol. The average Bonchev–Trinajstić information content (AvgIpc) is 3.36. The Hall–Kier alpha value is -4.27. The molecule has 14 heteroatoms. The molecule has 2 aromatic carbocycles. The quantitative estimate of drug-likeness (QED) is 0.176. The molecule has 3 unspecified atom stereocenters. The van der Waals surface area contributed by atoms with Gasteiger partial charge in [0.05, 0.1) is 0 Å². The first-order valence-corrected chi connectivity index (χ1v) is 13.9. The van der Waals surface area contributed by atoms with Crippen molar-refractivity contribution in [1.82, 2.24) is 10.2 Å². The van der Waals surface area contributed by atoms with Crippen LogP contribution in [0.3, 0.4) is 0 Å². The molecule has 1 fully saturated rings. The van der Waals surface area contributed by atoms with E-state index in [1.165, 1.54) is 0 Å². The molecule has 3 atom stereocenters. The summed E-state index contributed by atoms with van der Waals surface area (Å²) < 4.78 is 18.8. The van der Waals surface area contributed by atoms with E-state index in [0.717, 1.165) is 48.8 Å². The largest absolute Gasteiger partial charge is 0.478 e. The van der Waals surface area contributed by atoms with Crippen LogP contribution >= 0.6 is 11.6 Å². The molecule has 0 spiro atoms.